The zero-order valence-electron chi connectivity index (χ0n) is 7.52. The number of hydrogen-bond donors (Lipinski definition) is 2. The average molecular weight is 235 g/mol. The van der Waals surface area contributed by atoms with Crippen LogP contribution in [0.2, 0.25) is 0 Å². The molecular weight excluding hydrogens is 225 g/mol. The monoisotopic (exact) mass is 235 g/mol. The predicted molar refractivity (Wildman–Crippen MR) is 40.5 cm³/mol. The van der Waals surface area contributed by atoms with Gasteiger partial charge in [0.25, 0.3) is 0 Å². The van der Waals surface area contributed by atoms with E-state index in [1.807, 2.05) is 0 Å². The van der Waals surface area contributed by atoms with E-state index in [4.69, 9.17) is 10.8 Å². The van der Waals surface area contributed by atoms with E-state index in [0.717, 1.165) is 0 Å². The maximum Gasteiger partial charge on any atom is 0.453 e. The molecular formula is C7H10F5NO2. The predicted octanol–water partition coefficient (Wildman–Crippen LogP) is 1.77. The van der Waals surface area contributed by atoms with E-state index in [0.29, 0.717) is 0 Å². The van der Waals surface area contributed by atoms with Crippen molar-refractivity contribution in [1.29, 1.82) is 0 Å². The molecule has 0 aliphatic carbocycles. The first-order valence-corrected chi connectivity index (χ1v) is 4.01. The van der Waals surface area contributed by atoms with Gasteiger partial charge in [-0.2, -0.15) is 22.0 Å². The van der Waals surface area contributed by atoms with Crippen LogP contribution >= 0.6 is 0 Å². The topological polar surface area (TPSA) is 63.3 Å². The summed E-state index contributed by atoms with van der Waals surface area (Å²) in [6.07, 6.45) is -8.06. The first-order valence-electron chi connectivity index (χ1n) is 4.01. The van der Waals surface area contributed by atoms with Crippen LogP contribution in [-0.2, 0) is 4.79 Å². The smallest absolute Gasteiger partial charge is 0.453 e. The Morgan fingerprint density at radius 3 is 2.07 bits per heavy atom. The second-order valence-electron chi connectivity index (χ2n) is 3.04. The van der Waals surface area contributed by atoms with Crippen molar-refractivity contribution in [1.82, 2.24) is 0 Å². The fraction of sp³-hybridized carbons (Fsp3) is 0.857. The van der Waals surface area contributed by atoms with Gasteiger partial charge in [-0.05, 0) is 12.8 Å². The molecule has 0 aromatic heterocycles. The van der Waals surface area contributed by atoms with Crippen molar-refractivity contribution in [2.45, 2.75) is 37.4 Å². The minimum atomic E-state index is -5.60. The third-order valence-corrected chi connectivity index (χ3v) is 1.74. The highest BCUT2D eigenvalue weighted by Gasteiger charge is 2.56. The van der Waals surface area contributed by atoms with E-state index >= 15 is 0 Å². The van der Waals surface area contributed by atoms with Gasteiger partial charge < -0.3 is 10.8 Å². The van der Waals surface area contributed by atoms with Crippen LogP contribution in [0.3, 0.4) is 0 Å². The molecule has 0 aromatic carbocycles. The highest BCUT2D eigenvalue weighted by molar-refractivity contribution is 5.72. The second-order valence-corrected chi connectivity index (χ2v) is 3.04. The summed E-state index contributed by atoms with van der Waals surface area (Å²) in [6, 6.07) is -1.41. The number of aliphatic carboxylic acids is 1. The van der Waals surface area contributed by atoms with Crippen LogP contribution in [0.15, 0.2) is 0 Å². The van der Waals surface area contributed by atoms with Gasteiger partial charge in [-0.3, -0.25) is 4.79 Å². The van der Waals surface area contributed by atoms with Gasteiger partial charge in [0.1, 0.15) is 6.04 Å². The fourth-order valence-corrected chi connectivity index (χ4v) is 0.809. The molecule has 90 valence electrons. The quantitative estimate of drug-likeness (QED) is 0.714. The minimum absolute atomic E-state index is 0.416. The average Bonchev–Trinajstić information content (AvgIpc) is 2.01. The Morgan fingerprint density at radius 1 is 1.27 bits per heavy atom. The van der Waals surface area contributed by atoms with Crippen molar-refractivity contribution in [2.24, 2.45) is 5.73 Å². The fourth-order valence-electron chi connectivity index (χ4n) is 0.809. The third kappa shape index (κ3) is 4.41. The molecule has 3 nitrogen and oxygen atoms in total. The lowest BCUT2D eigenvalue weighted by atomic mass is 10.1. The highest BCUT2D eigenvalue weighted by Crippen LogP contribution is 2.39. The van der Waals surface area contributed by atoms with Crippen LogP contribution in [0.5, 0.6) is 0 Å². The van der Waals surface area contributed by atoms with Crippen molar-refractivity contribution < 1.29 is 31.9 Å². The van der Waals surface area contributed by atoms with Crippen LogP contribution in [0, 0.1) is 0 Å². The number of alkyl halides is 5. The first kappa shape index (κ1) is 14.1. The lowest BCUT2D eigenvalue weighted by molar-refractivity contribution is -0.284. The van der Waals surface area contributed by atoms with E-state index in [9.17, 15) is 26.7 Å². The van der Waals surface area contributed by atoms with E-state index in [1.54, 1.807) is 0 Å². The molecule has 0 aliphatic rings. The standard InChI is InChI=1S/C7H10F5NO2/c8-6(9,7(10,11)12)3-1-2-4(13)5(14)15/h4H,1-3,13H2,(H,14,15). The van der Waals surface area contributed by atoms with Gasteiger partial charge in [0, 0.05) is 6.42 Å². The summed E-state index contributed by atoms with van der Waals surface area (Å²) in [5, 5.41) is 8.24. The Hall–Kier alpha value is -0.920. The molecule has 15 heavy (non-hydrogen) atoms. The molecule has 0 rings (SSSR count). The summed E-state index contributed by atoms with van der Waals surface area (Å²) >= 11 is 0. The molecule has 1 atom stereocenters. The Bertz CT molecular complexity index is 228. The van der Waals surface area contributed by atoms with Gasteiger partial charge in [0.2, 0.25) is 0 Å². The number of nitrogens with two attached hydrogens (primary N) is 1. The summed E-state index contributed by atoms with van der Waals surface area (Å²) in [5.74, 6) is -6.21. The molecule has 0 saturated heterocycles. The second kappa shape index (κ2) is 4.73. The summed E-state index contributed by atoms with van der Waals surface area (Å²) in [6.45, 7) is 0. The molecule has 0 radical (unpaired) electrons. The summed E-state index contributed by atoms with van der Waals surface area (Å²) < 4.78 is 59.4. The molecule has 0 saturated carbocycles. The van der Waals surface area contributed by atoms with Gasteiger partial charge >= 0.3 is 18.1 Å². The molecule has 0 spiro atoms. The molecule has 0 bridgehead atoms. The van der Waals surface area contributed by atoms with Gasteiger partial charge in [-0.1, -0.05) is 0 Å². The summed E-state index contributed by atoms with van der Waals surface area (Å²) in [4.78, 5) is 10.1. The molecule has 1 unspecified atom stereocenters. The van der Waals surface area contributed by atoms with E-state index in [2.05, 4.69) is 0 Å². The largest absolute Gasteiger partial charge is 0.480 e. The Kier molecular flexibility index (Phi) is 4.44. The number of carboxylic acids is 1. The van der Waals surface area contributed by atoms with E-state index in [-0.39, 0.29) is 0 Å². The van der Waals surface area contributed by atoms with Gasteiger partial charge in [-0.25, -0.2) is 0 Å². The number of carboxylic acid groups (broad SMARTS) is 1. The first-order chi connectivity index (χ1) is 6.58. The Labute approximate surface area is 82.1 Å². The van der Waals surface area contributed by atoms with Crippen molar-refractivity contribution in [3.63, 3.8) is 0 Å². The van der Waals surface area contributed by atoms with Crippen LogP contribution in [0.25, 0.3) is 0 Å². The van der Waals surface area contributed by atoms with E-state index < -0.39 is 43.4 Å². The maximum atomic E-state index is 12.3. The third-order valence-electron chi connectivity index (χ3n) is 1.74. The SMILES string of the molecule is NC(CCCC(F)(F)C(F)(F)F)C(=O)O. The van der Waals surface area contributed by atoms with E-state index in [1.165, 1.54) is 0 Å². The maximum absolute atomic E-state index is 12.3. The molecule has 0 fully saturated rings. The lowest BCUT2D eigenvalue weighted by Gasteiger charge is -2.19. The van der Waals surface area contributed by atoms with Crippen LogP contribution in [0.4, 0.5) is 22.0 Å². The highest BCUT2D eigenvalue weighted by atomic mass is 19.4. The van der Waals surface area contributed by atoms with Crippen molar-refractivity contribution in [3.05, 3.63) is 0 Å². The number of halogens is 5. The van der Waals surface area contributed by atoms with Crippen molar-refractivity contribution in [2.75, 3.05) is 0 Å². The number of rotatable bonds is 5. The molecule has 0 aromatic rings. The van der Waals surface area contributed by atoms with Crippen molar-refractivity contribution >= 4 is 5.97 Å². The minimum Gasteiger partial charge on any atom is -0.480 e. The van der Waals surface area contributed by atoms with Crippen molar-refractivity contribution in [3.8, 4) is 0 Å². The lowest BCUT2D eigenvalue weighted by Crippen LogP contribution is -2.37. The zero-order chi connectivity index (χ0) is 12.3. The Balaban J connectivity index is 4.01. The molecule has 0 amide bonds. The van der Waals surface area contributed by atoms with Gasteiger partial charge in [-0.15, -0.1) is 0 Å². The number of carbonyl (C=O) groups is 1. The number of hydrogen-bond acceptors (Lipinski definition) is 2. The molecule has 3 N–H and O–H groups in total. The summed E-state index contributed by atoms with van der Waals surface area (Å²) in [5.41, 5.74) is 4.93. The van der Waals surface area contributed by atoms with Crippen LogP contribution in [0.1, 0.15) is 19.3 Å². The van der Waals surface area contributed by atoms with Crippen LogP contribution in [-0.4, -0.2) is 29.2 Å². The van der Waals surface area contributed by atoms with Crippen LogP contribution < -0.4 is 5.73 Å². The zero-order valence-corrected chi connectivity index (χ0v) is 7.52. The summed E-state index contributed by atoms with van der Waals surface area (Å²) in [7, 11) is 0. The van der Waals surface area contributed by atoms with Gasteiger partial charge in [0.05, 0.1) is 0 Å². The molecule has 0 aliphatic heterocycles. The molecule has 0 heterocycles. The molecule has 8 heteroatoms. The Morgan fingerprint density at radius 2 is 1.73 bits per heavy atom. The normalized spacial score (nSPS) is 15.1. The van der Waals surface area contributed by atoms with Gasteiger partial charge in [0.15, 0.2) is 0 Å².